The van der Waals surface area contributed by atoms with Gasteiger partial charge in [0.15, 0.2) is 5.16 Å². The van der Waals surface area contributed by atoms with Crippen LogP contribution in [0, 0.1) is 13.8 Å². The van der Waals surface area contributed by atoms with E-state index in [1.54, 1.807) is 10.6 Å². The normalized spacial score (nSPS) is 11.5. The fourth-order valence-corrected chi connectivity index (χ4v) is 5.07. The second-order valence-electron chi connectivity index (χ2n) is 7.69. The van der Waals surface area contributed by atoms with Crippen LogP contribution in [-0.4, -0.2) is 14.5 Å². The highest BCUT2D eigenvalue weighted by Gasteiger charge is 2.18. The number of aromatic nitrogens is 3. The molecule has 0 radical (unpaired) electrons. The molecule has 0 spiro atoms. The van der Waals surface area contributed by atoms with E-state index in [0.29, 0.717) is 32.0 Å². The van der Waals surface area contributed by atoms with Crippen LogP contribution in [0.4, 0.5) is 0 Å². The molecule has 0 fully saturated rings. The highest BCUT2D eigenvalue weighted by atomic mass is 35.5. The van der Waals surface area contributed by atoms with Gasteiger partial charge >= 0.3 is 0 Å². The molecule has 2 heterocycles. The number of thioether (sulfide) groups is 1. The molecular weight excluding hydrogens is 461 g/mol. The average molecular weight is 480 g/mol. The third-order valence-corrected chi connectivity index (χ3v) is 7.41. The Morgan fingerprint density at radius 3 is 2.62 bits per heavy atom. The molecule has 1 N–H and O–H groups in total. The van der Waals surface area contributed by atoms with Crippen LogP contribution in [0.2, 0.25) is 10.0 Å². The van der Waals surface area contributed by atoms with Crippen LogP contribution in [0.1, 0.15) is 16.7 Å². The third-order valence-electron chi connectivity index (χ3n) is 5.66. The van der Waals surface area contributed by atoms with E-state index < -0.39 is 0 Å². The molecule has 0 unspecified atom stereocenters. The van der Waals surface area contributed by atoms with Gasteiger partial charge in [-0.25, -0.2) is 4.98 Å². The fourth-order valence-electron chi connectivity index (χ4n) is 3.81. The maximum absolute atomic E-state index is 13.7. The van der Waals surface area contributed by atoms with Crippen molar-refractivity contribution < 1.29 is 0 Å². The maximum Gasteiger partial charge on any atom is 0.283 e. The van der Waals surface area contributed by atoms with Gasteiger partial charge in [0.1, 0.15) is 11.0 Å². The zero-order valence-corrected chi connectivity index (χ0v) is 19.8. The maximum atomic E-state index is 13.7. The van der Waals surface area contributed by atoms with Gasteiger partial charge in [0.2, 0.25) is 0 Å². The summed E-state index contributed by atoms with van der Waals surface area (Å²) in [6, 6.07) is 19.4. The van der Waals surface area contributed by atoms with Crippen molar-refractivity contribution in [3.8, 4) is 5.69 Å². The molecule has 4 nitrogen and oxygen atoms in total. The van der Waals surface area contributed by atoms with Gasteiger partial charge in [0.25, 0.3) is 5.56 Å². The number of hydrogen-bond donors (Lipinski definition) is 1. The van der Waals surface area contributed by atoms with Gasteiger partial charge in [-0.15, -0.1) is 0 Å². The van der Waals surface area contributed by atoms with Crippen molar-refractivity contribution in [1.29, 1.82) is 0 Å². The number of hydrogen-bond acceptors (Lipinski definition) is 3. The molecule has 0 aliphatic carbocycles. The number of aromatic amines is 1. The van der Waals surface area contributed by atoms with Gasteiger partial charge in [-0.05, 0) is 54.8 Å². The largest absolute Gasteiger partial charge is 0.349 e. The topological polar surface area (TPSA) is 50.7 Å². The van der Waals surface area contributed by atoms with Crippen molar-refractivity contribution in [2.45, 2.75) is 24.8 Å². The van der Waals surface area contributed by atoms with Crippen molar-refractivity contribution in [3.05, 3.63) is 97.8 Å². The smallest absolute Gasteiger partial charge is 0.283 e. The Morgan fingerprint density at radius 2 is 1.81 bits per heavy atom. The van der Waals surface area contributed by atoms with E-state index in [-0.39, 0.29) is 5.56 Å². The van der Waals surface area contributed by atoms with E-state index in [4.69, 9.17) is 28.2 Å². The second kappa shape index (κ2) is 8.32. The standard InChI is InChI=1S/C25H19Cl2N3OS/c1-14-6-5-9-21(15(14)2)30-24(31)23-22(17-7-3-4-8-20(17)28-23)29-25(30)32-13-16-10-11-18(26)19(27)12-16/h3-12,28H,13H2,1-2H3. The van der Waals surface area contributed by atoms with Gasteiger partial charge in [-0.1, -0.05) is 71.4 Å². The first-order valence-electron chi connectivity index (χ1n) is 10.1. The first-order chi connectivity index (χ1) is 15.4. The Morgan fingerprint density at radius 1 is 1.00 bits per heavy atom. The lowest BCUT2D eigenvalue weighted by atomic mass is 10.1. The van der Waals surface area contributed by atoms with Crippen molar-refractivity contribution in [2.75, 3.05) is 0 Å². The average Bonchev–Trinajstić information content (AvgIpc) is 3.16. The predicted molar refractivity (Wildman–Crippen MR) is 135 cm³/mol. The monoisotopic (exact) mass is 479 g/mol. The van der Waals surface area contributed by atoms with Crippen molar-refractivity contribution in [2.24, 2.45) is 0 Å². The van der Waals surface area contributed by atoms with Crippen molar-refractivity contribution in [3.63, 3.8) is 0 Å². The van der Waals surface area contributed by atoms with Crippen molar-refractivity contribution >= 4 is 56.9 Å². The summed E-state index contributed by atoms with van der Waals surface area (Å²) in [4.78, 5) is 22.0. The summed E-state index contributed by atoms with van der Waals surface area (Å²) in [5.74, 6) is 0.599. The molecule has 0 aliphatic rings. The number of nitrogens with zero attached hydrogens (tertiary/aromatic N) is 2. The van der Waals surface area contributed by atoms with Gasteiger partial charge in [0.05, 0.1) is 15.7 Å². The molecule has 0 amide bonds. The third kappa shape index (κ3) is 3.60. The summed E-state index contributed by atoms with van der Waals surface area (Å²) >= 11 is 13.8. The van der Waals surface area contributed by atoms with Gasteiger partial charge < -0.3 is 4.98 Å². The summed E-state index contributed by atoms with van der Waals surface area (Å²) in [5.41, 5.74) is 5.97. The van der Waals surface area contributed by atoms with E-state index in [0.717, 1.165) is 33.3 Å². The molecule has 0 saturated heterocycles. The number of halogens is 2. The quantitative estimate of drug-likeness (QED) is 0.221. The highest BCUT2D eigenvalue weighted by molar-refractivity contribution is 7.98. The van der Waals surface area contributed by atoms with E-state index in [1.165, 1.54) is 11.8 Å². The summed E-state index contributed by atoms with van der Waals surface area (Å²) in [6.45, 7) is 4.07. The van der Waals surface area contributed by atoms with E-state index >= 15 is 0 Å². The number of benzene rings is 3. The van der Waals surface area contributed by atoms with Crippen LogP contribution in [-0.2, 0) is 5.75 Å². The zero-order chi connectivity index (χ0) is 22.4. The Kier molecular flexibility index (Phi) is 5.49. The Hall–Kier alpha value is -2.73. The molecule has 2 aromatic heterocycles. The second-order valence-corrected chi connectivity index (χ2v) is 9.44. The van der Waals surface area contributed by atoms with E-state index in [2.05, 4.69) is 4.98 Å². The fraction of sp³-hybridized carbons (Fsp3) is 0.120. The lowest BCUT2D eigenvalue weighted by molar-refractivity contribution is 0.812. The van der Waals surface area contributed by atoms with E-state index in [9.17, 15) is 4.79 Å². The number of nitrogens with one attached hydrogen (secondary N) is 1. The van der Waals surface area contributed by atoms with Crippen LogP contribution in [0.25, 0.3) is 27.6 Å². The number of para-hydroxylation sites is 1. The summed E-state index contributed by atoms with van der Waals surface area (Å²) in [6.07, 6.45) is 0. The molecule has 3 aromatic carbocycles. The summed E-state index contributed by atoms with van der Waals surface area (Å²) < 4.78 is 1.71. The molecule has 0 saturated carbocycles. The predicted octanol–water partition coefficient (Wildman–Crippen LogP) is 7.08. The molecule has 32 heavy (non-hydrogen) atoms. The highest BCUT2D eigenvalue weighted by Crippen LogP contribution is 2.31. The molecule has 0 atom stereocenters. The lowest BCUT2D eigenvalue weighted by Gasteiger charge is -2.15. The molecule has 160 valence electrons. The van der Waals surface area contributed by atoms with E-state index in [1.807, 2.05) is 68.4 Å². The van der Waals surface area contributed by atoms with Crippen LogP contribution in [0.5, 0.6) is 0 Å². The number of H-pyrrole nitrogens is 1. The van der Waals surface area contributed by atoms with Crippen LogP contribution in [0.3, 0.4) is 0 Å². The van der Waals surface area contributed by atoms with Gasteiger partial charge in [-0.2, -0.15) is 0 Å². The van der Waals surface area contributed by atoms with Crippen LogP contribution < -0.4 is 5.56 Å². The lowest BCUT2D eigenvalue weighted by Crippen LogP contribution is -2.22. The molecular formula is C25H19Cl2N3OS. The SMILES string of the molecule is Cc1cccc(-n2c(SCc3ccc(Cl)c(Cl)c3)nc3c([nH]c4ccccc43)c2=O)c1C. The molecule has 5 rings (SSSR count). The minimum absolute atomic E-state index is 0.114. The first kappa shape index (κ1) is 21.1. The van der Waals surface area contributed by atoms with Crippen LogP contribution >= 0.6 is 35.0 Å². The Labute approximate surface area is 199 Å². The minimum atomic E-state index is -0.114. The minimum Gasteiger partial charge on any atom is -0.349 e. The number of fused-ring (bicyclic) bond motifs is 3. The Balaban J connectivity index is 1.73. The first-order valence-corrected chi connectivity index (χ1v) is 11.8. The number of rotatable bonds is 4. The zero-order valence-electron chi connectivity index (χ0n) is 17.4. The van der Waals surface area contributed by atoms with Gasteiger partial charge in [-0.3, -0.25) is 9.36 Å². The number of aryl methyl sites for hydroxylation is 1. The van der Waals surface area contributed by atoms with Gasteiger partial charge in [0, 0.05) is 16.7 Å². The molecule has 0 aliphatic heterocycles. The molecule has 0 bridgehead atoms. The van der Waals surface area contributed by atoms with Crippen LogP contribution in [0.15, 0.2) is 70.6 Å². The van der Waals surface area contributed by atoms with Crippen molar-refractivity contribution in [1.82, 2.24) is 14.5 Å². The molecule has 7 heteroatoms. The molecule has 5 aromatic rings. The summed E-state index contributed by atoms with van der Waals surface area (Å²) in [7, 11) is 0. The Bertz CT molecular complexity index is 1550. The summed E-state index contributed by atoms with van der Waals surface area (Å²) in [5, 5.41) is 2.60.